The summed E-state index contributed by atoms with van der Waals surface area (Å²) in [5.74, 6) is -8.34. The van der Waals surface area contributed by atoms with E-state index >= 15 is 8.78 Å². The second kappa shape index (κ2) is 15.3. The summed E-state index contributed by atoms with van der Waals surface area (Å²) < 4.78 is 133. The topological polar surface area (TPSA) is 91.6 Å². The van der Waals surface area contributed by atoms with Gasteiger partial charge >= 0.3 is 18.3 Å². The number of carbonyl (C=O) groups is 2. The van der Waals surface area contributed by atoms with E-state index < -0.39 is 93.9 Å². The molecule has 0 saturated carbocycles. The van der Waals surface area contributed by atoms with Crippen molar-refractivity contribution in [3.8, 4) is 11.1 Å². The van der Waals surface area contributed by atoms with Crippen molar-refractivity contribution in [3.05, 3.63) is 91.1 Å². The predicted octanol–water partition coefficient (Wildman–Crippen LogP) is 8.06. The molecule has 1 amide bonds. The lowest BCUT2D eigenvalue weighted by molar-refractivity contribution is -0.140. The van der Waals surface area contributed by atoms with E-state index in [0.29, 0.717) is 23.7 Å². The van der Waals surface area contributed by atoms with Crippen LogP contribution < -0.4 is 10.9 Å². The number of benzene rings is 2. The molecule has 1 fully saturated rings. The number of alkyl halides is 6. The first-order chi connectivity index (χ1) is 24.0. The molecule has 0 aliphatic carbocycles. The van der Waals surface area contributed by atoms with E-state index in [-0.39, 0.29) is 53.3 Å². The van der Waals surface area contributed by atoms with Crippen molar-refractivity contribution in [2.75, 3.05) is 19.6 Å². The molecule has 4 rings (SSSR count). The number of carboxylic acid groups (broad SMARTS) is 1. The number of aliphatic carboxylic acids is 1. The molecule has 1 aliphatic rings. The monoisotopic (exact) mass is 747 g/mol. The van der Waals surface area contributed by atoms with Crippen LogP contribution in [0.1, 0.15) is 84.1 Å². The summed E-state index contributed by atoms with van der Waals surface area (Å²) >= 11 is 0. The van der Waals surface area contributed by atoms with Crippen LogP contribution in [-0.4, -0.2) is 46.1 Å². The summed E-state index contributed by atoms with van der Waals surface area (Å²) in [6.07, 6.45) is -10.4. The summed E-state index contributed by atoms with van der Waals surface area (Å²) in [5, 5.41) is 11.8. The van der Waals surface area contributed by atoms with Gasteiger partial charge < -0.3 is 19.9 Å². The number of hydrogen-bond acceptors (Lipinski definition) is 4. The summed E-state index contributed by atoms with van der Waals surface area (Å²) in [5.41, 5.74) is -7.65. The van der Waals surface area contributed by atoms with Crippen molar-refractivity contribution in [1.82, 2.24) is 14.8 Å². The van der Waals surface area contributed by atoms with Gasteiger partial charge in [0.2, 0.25) is 5.91 Å². The molecule has 16 heteroatoms. The van der Waals surface area contributed by atoms with E-state index in [1.54, 1.807) is 13.8 Å². The fraction of sp³-hybridized carbons (Fsp3) is 0.472. The lowest BCUT2D eigenvalue weighted by atomic mass is 9.88. The number of pyridine rings is 1. The van der Waals surface area contributed by atoms with Crippen molar-refractivity contribution < 1.29 is 54.2 Å². The van der Waals surface area contributed by atoms with E-state index in [0.717, 1.165) is 12.6 Å². The molecule has 2 heterocycles. The number of nitrogens with one attached hydrogen (secondary N) is 1. The second-order valence-electron chi connectivity index (χ2n) is 13.5. The van der Waals surface area contributed by atoms with Gasteiger partial charge in [0, 0.05) is 29.9 Å². The number of likely N-dealkylation sites (tertiary alicyclic amines) is 1. The molecule has 0 radical (unpaired) electrons. The third-order valence-electron chi connectivity index (χ3n) is 9.18. The third kappa shape index (κ3) is 8.64. The normalized spacial score (nSPS) is 15.1. The van der Waals surface area contributed by atoms with E-state index in [1.165, 1.54) is 26.8 Å². The zero-order chi connectivity index (χ0) is 39.0. The minimum atomic E-state index is -5.47. The number of nitrogens with zero attached hydrogens (tertiary/aromatic N) is 2. The van der Waals surface area contributed by atoms with Crippen molar-refractivity contribution in [2.45, 2.75) is 84.7 Å². The van der Waals surface area contributed by atoms with Crippen LogP contribution in [0.25, 0.3) is 11.1 Å². The molecule has 284 valence electrons. The van der Waals surface area contributed by atoms with Crippen molar-refractivity contribution in [2.24, 2.45) is 5.92 Å². The Hall–Kier alpha value is -4.34. The lowest BCUT2D eigenvalue weighted by Gasteiger charge is -2.31. The van der Waals surface area contributed by atoms with Crippen LogP contribution in [0.15, 0.2) is 29.2 Å². The SMILES string of the molecule is Cc1cc(C)c(-c2cc(C(F)(F)F)c(F)c(C(CC(=O)O)NC(=O)C(CC(C)C)n3cc(CCN4CCC4)c(C(F)(F)F)cc3=O)c2F)c(C)c1F. The zero-order valence-electron chi connectivity index (χ0n) is 29.0. The van der Waals surface area contributed by atoms with Crippen LogP contribution in [0.3, 0.4) is 0 Å². The maximum atomic E-state index is 16.5. The van der Waals surface area contributed by atoms with Gasteiger partial charge in [-0.3, -0.25) is 14.4 Å². The van der Waals surface area contributed by atoms with E-state index in [2.05, 4.69) is 5.32 Å². The Morgan fingerprint density at radius 2 is 1.50 bits per heavy atom. The maximum absolute atomic E-state index is 16.5. The highest BCUT2D eigenvalue weighted by Gasteiger charge is 2.41. The second-order valence-corrected chi connectivity index (χ2v) is 13.5. The van der Waals surface area contributed by atoms with Crippen molar-refractivity contribution >= 4 is 11.9 Å². The fourth-order valence-electron chi connectivity index (χ4n) is 6.57. The molecule has 2 atom stereocenters. The van der Waals surface area contributed by atoms with Gasteiger partial charge in [-0.25, -0.2) is 13.2 Å². The Morgan fingerprint density at radius 1 is 0.885 bits per heavy atom. The molecule has 7 nitrogen and oxygen atoms in total. The van der Waals surface area contributed by atoms with Gasteiger partial charge in [-0.1, -0.05) is 19.9 Å². The quantitative estimate of drug-likeness (QED) is 0.183. The highest BCUT2D eigenvalue weighted by atomic mass is 19.4. The number of amides is 1. The highest BCUT2D eigenvalue weighted by molar-refractivity contribution is 5.82. The molecule has 52 heavy (non-hydrogen) atoms. The number of carbonyl (C=O) groups excluding carboxylic acids is 1. The highest BCUT2D eigenvalue weighted by Crippen LogP contribution is 2.43. The summed E-state index contributed by atoms with van der Waals surface area (Å²) in [4.78, 5) is 41.0. The number of halogens is 9. The van der Waals surface area contributed by atoms with Crippen LogP contribution in [0, 0.1) is 44.1 Å². The Bertz CT molecular complexity index is 1910. The summed E-state index contributed by atoms with van der Waals surface area (Å²) in [6, 6.07) is -2.30. The average molecular weight is 748 g/mol. The maximum Gasteiger partial charge on any atom is 0.419 e. The van der Waals surface area contributed by atoms with Gasteiger partial charge in [-0.15, -0.1) is 0 Å². The molecule has 1 aliphatic heterocycles. The van der Waals surface area contributed by atoms with Crippen LogP contribution in [0.5, 0.6) is 0 Å². The van der Waals surface area contributed by atoms with Gasteiger partial charge in [-0.05, 0) is 92.9 Å². The number of aromatic nitrogens is 1. The van der Waals surface area contributed by atoms with Gasteiger partial charge in [0.05, 0.1) is 23.6 Å². The van der Waals surface area contributed by atoms with E-state index in [9.17, 15) is 50.2 Å². The number of carboxylic acids is 1. The Morgan fingerprint density at radius 3 is 2.02 bits per heavy atom. The first kappa shape index (κ1) is 40.4. The molecular formula is C36H38F9N3O4. The van der Waals surface area contributed by atoms with Crippen LogP contribution in [0.2, 0.25) is 0 Å². The van der Waals surface area contributed by atoms with Crippen LogP contribution >= 0.6 is 0 Å². The van der Waals surface area contributed by atoms with E-state index in [1.807, 2.05) is 4.90 Å². The summed E-state index contributed by atoms with van der Waals surface area (Å²) in [6.45, 7) is 8.63. The van der Waals surface area contributed by atoms with Gasteiger partial charge in [-0.2, -0.15) is 26.3 Å². The molecule has 2 unspecified atom stereocenters. The number of aryl methyl sites for hydroxylation is 2. The Balaban J connectivity index is 1.90. The van der Waals surface area contributed by atoms with Crippen molar-refractivity contribution in [1.29, 1.82) is 0 Å². The average Bonchev–Trinajstić information content (AvgIpc) is 2.98. The smallest absolute Gasteiger partial charge is 0.419 e. The first-order valence-electron chi connectivity index (χ1n) is 16.4. The van der Waals surface area contributed by atoms with Crippen LogP contribution in [-0.2, 0) is 28.4 Å². The Kier molecular flexibility index (Phi) is 11.9. The minimum absolute atomic E-state index is 0.0898. The molecule has 3 aromatic rings. The fourth-order valence-corrected chi connectivity index (χ4v) is 6.57. The molecule has 1 saturated heterocycles. The molecule has 0 spiro atoms. The Labute approximate surface area is 293 Å². The van der Waals surface area contributed by atoms with Gasteiger partial charge in [0.15, 0.2) is 0 Å². The molecular weight excluding hydrogens is 709 g/mol. The minimum Gasteiger partial charge on any atom is -0.481 e. The number of rotatable bonds is 12. The zero-order valence-corrected chi connectivity index (χ0v) is 29.0. The third-order valence-corrected chi connectivity index (χ3v) is 9.18. The summed E-state index contributed by atoms with van der Waals surface area (Å²) in [7, 11) is 0. The van der Waals surface area contributed by atoms with Gasteiger partial charge in [0.25, 0.3) is 5.56 Å². The lowest BCUT2D eigenvalue weighted by Crippen LogP contribution is -2.41. The molecule has 2 aromatic carbocycles. The van der Waals surface area contributed by atoms with Crippen LogP contribution in [0.4, 0.5) is 39.5 Å². The molecule has 1 aromatic heterocycles. The number of hydrogen-bond donors (Lipinski definition) is 2. The standard InChI is InChI=1S/C36H38F9N3O4/c1-17(2)11-26(48-16-21(7-10-47-8-6-9-47)23(14-27(48)49)35(40,41)42)34(52)46-25(15-28(50)51)30-32(38)22(13-24(33(30)39)36(43,44)45)29-18(3)12-19(4)31(37)20(29)5/h12-14,16-17,25-26H,6-11,15H2,1-5H3,(H,46,52)(H,50,51). The molecule has 2 N–H and O–H groups in total. The predicted molar refractivity (Wildman–Crippen MR) is 173 cm³/mol. The van der Waals surface area contributed by atoms with Gasteiger partial charge in [0.1, 0.15) is 23.5 Å². The first-order valence-corrected chi connectivity index (χ1v) is 16.4. The van der Waals surface area contributed by atoms with E-state index in [4.69, 9.17) is 0 Å². The molecule has 0 bridgehead atoms. The largest absolute Gasteiger partial charge is 0.481 e. The van der Waals surface area contributed by atoms with Crippen molar-refractivity contribution in [3.63, 3.8) is 0 Å².